The Balaban J connectivity index is 1.40. The number of methoxy groups -OCH3 is 2. The van der Waals surface area contributed by atoms with Crippen LogP contribution in [0.15, 0.2) is 54.7 Å². The van der Waals surface area contributed by atoms with E-state index in [-0.39, 0.29) is 0 Å². The molecule has 3 N–H and O–H groups in total. The predicted octanol–water partition coefficient (Wildman–Crippen LogP) is 4.13. The van der Waals surface area contributed by atoms with E-state index in [1.54, 1.807) is 38.4 Å². The summed E-state index contributed by atoms with van der Waals surface area (Å²) in [7, 11) is 4.97. The fourth-order valence-electron chi connectivity index (χ4n) is 5.15. The first-order valence-electron chi connectivity index (χ1n) is 13.7. The number of aliphatic hydroxyl groups excluding tert-OH is 1. The summed E-state index contributed by atoms with van der Waals surface area (Å²) in [4.78, 5) is 26.4. The molecule has 3 heterocycles. The van der Waals surface area contributed by atoms with Crippen molar-refractivity contribution in [2.24, 2.45) is 0 Å². The molecule has 0 spiro atoms. The molecule has 1 aromatic heterocycles. The molecule has 2 aliphatic heterocycles. The second-order valence-corrected chi connectivity index (χ2v) is 10.2. The van der Waals surface area contributed by atoms with Gasteiger partial charge in [-0.05, 0) is 37.5 Å². The van der Waals surface area contributed by atoms with Crippen molar-refractivity contribution in [2.75, 3.05) is 66.2 Å². The number of aliphatic hydroxyl groups is 1. The molecule has 1 saturated heterocycles. The van der Waals surface area contributed by atoms with Crippen LogP contribution in [0.3, 0.4) is 0 Å². The number of hydrogen-bond donors (Lipinski definition) is 3. The maximum absolute atomic E-state index is 11.2. The maximum atomic E-state index is 11.2. The Morgan fingerprint density at radius 1 is 1.07 bits per heavy atom. The molecule has 0 aliphatic carbocycles. The van der Waals surface area contributed by atoms with Gasteiger partial charge in [0.15, 0.2) is 0 Å². The van der Waals surface area contributed by atoms with Crippen LogP contribution < -0.4 is 34.8 Å². The second kappa shape index (κ2) is 12.3. The summed E-state index contributed by atoms with van der Waals surface area (Å²) in [6.45, 7) is 6.56. The molecule has 1 unspecified atom stereocenters. The molecule has 3 aromatic rings. The lowest BCUT2D eigenvalue weighted by Gasteiger charge is -2.41. The molecule has 0 radical (unpaired) electrons. The van der Waals surface area contributed by atoms with Gasteiger partial charge < -0.3 is 39.9 Å². The minimum absolute atomic E-state index is 0.326. The number of anilines is 6. The molecule has 0 amide bonds. The van der Waals surface area contributed by atoms with E-state index >= 15 is 0 Å². The normalized spacial score (nSPS) is 16.6. The van der Waals surface area contributed by atoms with Gasteiger partial charge in [-0.2, -0.15) is 4.98 Å². The van der Waals surface area contributed by atoms with Gasteiger partial charge in [0, 0.05) is 73.6 Å². The van der Waals surface area contributed by atoms with Gasteiger partial charge in [-0.1, -0.05) is 6.58 Å². The highest BCUT2D eigenvalue weighted by Gasteiger charge is 2.31. The number of aldehydes is 1. The van der Waals surface area contributed by atoms with Crippen LogP contribution in [0, 0.1) is 0 Å². The minimum Gasteiger partial charge on any atom is -0.497 e. The predicted molar refractivity (Wildman–Crippen MR) is 162 cm³/mol. The second-order valence-electron chi connectivity index (χ2n) is 10.2. The third-order valence-electron chi connectivity index (χ3n) is 7.45. The number of nitrogens with zero attached hydrogens (tertiary/aromatic N) is 5. The van der Waals surface area contributed by atoms with E-state index in [9.17, 15) is 9.90 Å². The maximum Gasteiger partial charge on any atom is 0.229 e. The summed E-state index contributed by atoms with van der Waals surface area (Å²) in [6.07, 6.45) is 5.15. The van der Waals surface area contributed by atoms with Crippen LogP contribution in [0.2, 0.25) is 0 Å². The molecular formula is C30H37N7O4. The van der Waals surface area contributed by atoms with Crippen LogP contribution in [0.1, 0.15) is 24.8 Å². The number of aromatic nitrogens is 2. The number of rotatable bonds is 10. The number of fused-ring (bicyclic) bond motifs is 1. The van der Waals surface area contributed by atoms with Gasteiger partial charge >= 0.3 is 0 Å². The monoisotopic (exact) mass is 559 g/mol. The van der Waals surface area contributed by atoms with Crippen LogP contribution >= 0.6 is 0 Å². The third kappa shape index (κ3) is 6.14. The summed E-state index contributed by atoms with van der Waals surface area (Å²) in [6, 6.07) is 11.7. The number of ether oxygens (including phenoxy) is 2. The van der Waals surface area contributed by atoms with E-state index in [2.05, 4.69) is 39.2 Å². The van der Waals surface area contributed by atoms with Gasteiger partial charge in [0.05, 0.1) is 32.1 Å². The zero-order chi connectivity index (χ0) is 28.9. The van der Waals surface area contributed by atoms with Crippen LogP contribution in [0.5, 0.6) is 11.5 Å². The van der Waals surface area contributed by atoms with Gasteiger partial charge in [0.1, 0.15) is 23.6 Å². The van der Waals surface area contributed by atoms with Crippen LogP contribution in [0.4, 0.5) is 34.5 Å². The molecule has 0 bridgehead atoms. The molecule has 11 nitrogen and oxygen atoms in total. The summed E-state index contributed by atoms with van der Waals surface area (Å²) in [5, 5.41) is 17.9. The highest BCUT2D eigenvalue weighted by molar-refractivity contribution is 5.79. The summed E-state index contributed by atoms with van der Waals surface area (Å²) in [5.41, 5.74) is 4.77. The Morgan fingerprint density at radius 2 is 1.80 bits per heavy atom. The number of piperidine rings is 1. The lowest BCUT2D eigenvalue weighted by atomic mass is 10.1. The van der Waals surface area contributed by atoms with Crippen molar-refractivity contribution in [3.63, 3.8) is 0 Å². The topological polar surface area (TPSA) is 115 Å². The van der Waals surface area contributed by atoms with Gasteiger partial charge in [-0.3, -0.25) is 4.79 Å². The summed E-state index contributed by atoms with van der Waals surface area (Å²) >= 11 is 0. The quantitative estimate of drug-likeness (QED) is 0.246. The number of carbonyl (C=O) groups is 1. The summed E-state index contributed by atoms with van der Waals surface area (Å²) < 4.78 is 10.8. The molecule has 1 fully saturated rings. The van der Waals surface area contributed by atoms with Crippen molar-refractivity contribution in [2.45, 2.75) is 32.2 Å². The molecule has 11 heteroatoms. The Bertz CT molecular complexity index is 1390. The van der Waals surface area contributed by atoms with Crippen molar-refractivity contribution >= 4 is 40.8 Å². The Labute approximate surface area is 240 Å². The van der Waals surface area contributed by atoms with Crippen LogP contribution in [0.25, 0.3) is 0 Å². The highest BCUT2D eigenvalue weighted by atomic mass is 16.5. The molecule has 1 atom stereocenters. The van der Waals surface area contributed by atoms with Crippen molar-refractivity contribution < 1.29 is 19.4 Å². The molecule has 2 aliphatic rings. The molecule has 216 valence electrons. The fraction of sp³-hybridized carbons (Fsp3) is 0.367. The number of benzene rings is 2. The average molecular weight is 560 g/mol. The standard InChI is InChI=1S/C30H37N7O4/c1-20(19-38)16-31-27-14-22(36-10-6-5-7-11-36)8-9-26(27)33-29-32-17-21-18-37(30(39)35(2)28(21)34-29)23-12-24(40-3)15-25(13-23)41-4/h8-9,12-15,17,19,30-31,39H,1,5-7,10-11,16,18H2,2-4H3,(H,32,33,34). The average Bonchev–Trinajstić information content (AvgIpc) is 3.02. The Kier molecular flexibility index (Phi) is 8.44. The highest BCUT2D eigenvalue weighted by Crippen LogP contribution is 2.36. The zero-order valence-corrected chi connectivity index (χ0v) is 23.8. The number of carbonyl (C=O) groups excluding carboxylic acids is 1. The Hall–Kier alpha value is -4.51. The van der Waals surface area contributed by atoms with E-state index in [0.29, 0.717) is 41.9 Å². The van der Waals surface area contributed by atoms with Gasteiger partial charge in [0.2, 0.25) is 12.3 Å². The van der Waals surface area contributed by atoms with Gasteiger partial charge in [-0.25, -0.2) is 4.98 Å². The lowest BCUT2D eigenvalue weighted by Crippen LogP contribution is -2.51. The van der Waals surface area contributed by atoms with Crippen molar-refractivity contribution in [1.29, 1.82) is 0 Å². The third-order valence-corrected chi connectivity index (χ3v) is 7.45. The number of nitrogens with one attached hydrogen (secondary N) is 2. The molecule has 5 rings (SSSR count). The van der Waals surface area contributed by atoms with E-state index in [4.69, 9.17) is 14.5 Å². The molecule has 0 saturated carbocycles. The SMILES string of the molecule is C=C(C=O)CNc1cc(N2CCCCC2)ccc1Nc1ncc2c(n1)N(C)C(O)N(c1cc(OC)cc(OC)c1)C2. The smallest absolute Gasteiger partial charge is 0.229 e. The van der Waals surface area contributed by atoms with Gasteiger partial charge in [0.25, 0.3) is 0 Å². The van der Waals surface area contributed by atoms with Crippen molar-refractivity contribution in [3.8, 4) is 11.5 Å². The molecular weight excluding hydrogens is 522 g/mol. The van der Waals surface area contributed by atoms with E-state index in [1.807, 2.05) is 23.1 Å². The first-order chi connectivity index (χ1) is 19.9. The largest absolute Gasteiger partial charge is 0.497 e. The first kappa shape index (κ1) is 28.0. The van der Waals surface area contributed by atoms with E-state index in [1.165, 1.54) is 19.3 Å². The summed E-state index contributed by atoms with van der Waals surface area (Å²) in [5.74, 6) is 2.27. The van der Waals surface area contributed by atoms with Crippen LogP contribution in [-0.2, 0) is 11.3 Å². The zero-order valence-electron chi connectivity index (χ0n) is 23.8. The number of hydrogen-bond acceptors (Lipinski definition) is 11. The molecule has 41 heavy (non-hydrogen) atoms. The van der Waals surface area contributed by atoms with E-state index in [0.717, 1.165) is 47.7 Å². The first-order valence-corrected chi connectivity index (χ1v) is 13.7. The van der Waals surface area contributed by atoms with Crippen LogP contribution in [-0.4, -0.2) is 68.6 Å². The Morgan fingerprint density at radius 3 is 2.49 bits per heavy atom. The van der Waals surface area contributed by atoms with Crippen molar-refractivity contribution in [3.05, 3.63) is 60.3 Å². The van der Waals surface area contributed by atoms with Gasteiger partial charge in [-0.15, -0.1) is 0 Å². The lowest BCUT2D eigenvalue weighted by molar-refractivity contribution is -0.104. The fourth-order valence-corrected chi connectivity index (χ4v) is 5.15. The minimum atomic E-state index is -0.975. The van der Waals surface area contributed by atoms with Crippen molar-refractivity contribution in [1.82, 2.24) is 9.97 Å². The molecule has 2 aromatic carbocycles. The van der Waals surface area contributed by atoms with E-state index < -0.39 is 6.35 Å².